The first kappa shape index (κ1) is 14.9. The zero-order chi connectivity index (χ0) is 14.5. The summed E-state index contributed by atoms with van der Waals surface area (Å²) < 4.78 is 10.6. The molecule has 3 unspecified atom stereocenters. The maximum Gasteiger partial charge on any atom is 0.323 e. The first-order chi connectivity index (χ1) is 9.63. The Labute approximate surface area is 120 Å². The van der Waals surface area contributed by atoms with Gasteiger partial charge in [-0.3, -0.25) is 4.79 Å². The summed E-state index contributed by atoms with van der Waals surface area (Å²) >= 11 is 0. The molecule has 110 valence electrons. The van der Waals surface area contributed by atoms with Gasteiger partial charge in [0.2, 0.25) is 0 Å². The Balaban J connectivity index is 1.90. The van der Waals surface area contributed by atoms with E-state index < -0.39 is 0 Å². The molecule has 1 heterocycles. The summed E-state index contributed by atoms with van der Waals surface area (Å²) in [4.78, 5) is 11.4. The molecule has 0 saturated carbocycles. The lowest BCUT2D eigenvalue weighted by Gasteiger charge is -2.14. The molecular formula is C16H23NO3. The van der Waals surface area contributed by atoms with Crippen LogP contribution in [0.3, 0.4) is 0 Å². The number of benzene rings is 1. The molecule has 1 aromatic carbocycles. The van der Waals surface area contributed by atoms with E-state index in [9.17, 15) is 4.79 Å². The van der Waals surface area contributed by atoms with Crippen molar-refractivity contribution >= 4 is 5.97 Å². The average molecular weight is 277 g/mol. The van der Waals surface area contributed by atoms with Crippen molar-refractivity contribution in [3.05, 3.63) is 29.8 Å². The van der Waals surface area contributed by atoms with Gasteiger partial charge in [-0.25, -0.2) is 0 Å². The molecule has 0 bridgehead atoms. The highest BCUT2D eigenvalue weighted by atomic mass is 16.5. The van der Waals surface area contributed by atoms with Crippen molar-refractivity contribution in [2.75, 3.05) is 13.7 Å². The number of ether oxygens (including phenoxy) is 2. The standard InChI is InChI=1S/C16H23NO3/c1-4-11(2)12-5-7-13(8-6-12)20-14-9-15(17-10-14)16(18)19-3/h5-8,11,14-15,17H,4,9-10H2,1-3H3. The second kappa shape index (κ2) is 6.75. The van der Waals surface area contributed by atoms with Crippen molar-refractivity contribution < 1.29 is 14.3 Å². The van der Waals surface area contributed by atoms with E-state index >= 15 is 0 Å². The molecule has 0 aliphatic carbocycles. The van der Waals surface area contributed by atoms with Gasteiger partial charge in [-0.15, -0.1) is 0 Å². The Kier molecular flexibility index (Phi) is 5.01. The summed E-state index contributed by atoms with van der Waals surface area (Å²) in [5.74, 6) is 1.21. The lowest BCUT2D eigenvalue weighted by molar-refractivity contribution is -0.142. The predicted molar refractivity (Wildman–Crippen MR) is 78.0 cm³/mol. The first-order valence-corrected chi connectivity index (χ1v) is 7.21. The van der Waals surface area contributed by atoms with E-state index in [-0.39, 0.29) is 18.1 Å². The fraction of sp³-hybridized carbons (Fsp3) is 0.562. The number of nitrogens with one attached hydrogen (secondary N) is 1. The third-order valence-corrected chi connectivity index (χ3v) is 3.94. The third-order valence-electron chi connectivity index (χ3n) is 3.94. The number of hydrogen-bond donors (Lipinski definition) is 1. The van der Waals surface area contributed by atoms with Gasteiger partial charge in [0.15, 0.2) is 0 Å². The molecule has 1 aliphatic rings. The van der Waals surface area contributed by atoms with Crippen LogP contribution < -0.4 is 10.1 Å². The summed E-state index contributed by atoms with van der Waals surface area (Å²) in [6.45, 7) is 5.08. The van der Waals surface area contributed by atoms with Crippen LogP contribution in [0.25, 0.3) is 0 Å². The topological polar surface area (TPSA) is 47.6 Å². The number of esters is 1. The van der Waals surface area contributed by atoms with Gasteiger partial charge in [0.05, 0.1) is 7.11 Å². The van der Waals surface area contributed by atoms with E-state index in [1.165, 1.54) is 12.7 Å². The molecule has 0 amide bonds. The van der Waals surface area contributed by atoms with Gasteiger partial charge < -0.3 is 14.8 Å². The SMILES string of the molecule is CCC(C)c1ccc(OC2CNC(C(=O)OC)C2)cc1. The Morgan fingerprint density at radius 3 is 2.70 bits per heavy atom. The number of carbonyl (C=O) groups excluding carboxylic acids is 1. The molecule has 1 fully saturated rings. The van der Waals surface area contributed by atoms with Gasteiger partial charge in [0.1, 0.15) is 17.9 Å². The van der Waals surface area contributed by atoms with Gasteiger partial charge >= 0.3 is 5.97 Å². The van der Waals surface area contributed by atoms with Crippen molar-refractivity contribution in [3.8, 4) is 5.75 Å². The number of rotatable bonds is 5. The van der Waals surface area contributed by atoms with Gasteiger partial charge in [-0.1, -0.05) is 26.0 Å². The minimum atomic E-state index is -0.246. The summed E-state index contributed by atoms with van der Waals surface area (Å²) in [5.41, 5.74) is 1.33. The van der Waals surface area contributed by atoms with Crippen LogP contribution in [0.1, 0.15) is 38.2 Å². The Hall–Kier alpha value is -1.55. The minimum Gasteiger partial charge on any atom is -0.489 e. The fourth-order valence-corrected chi connectivity index (χ4v) is 2.42. The van der Waals surface area contributed by atoms with Crippen LogP contribution in [0.15, 0.2) is 24.3 Å². The molecule has 3 atom stereocenters. The van der Waals surface area contributed by atoms with Crippen molar-refractivity contribution in [1.82, 2.24) is 5.32 Å². The van der Waals surface area contributed by atoms with E-state index in [4.69, 9.17) is 9.47 Å². The van der Waals surface area contributed by atoms with Crippen LogP contribution in [0.4, 0.5) is 0 Å². The molecule has 1 aliphatic heterocycles. The monoisotopic (exact) mass is 277 g/mol. The zero-order valence-electron chi connectivity index (χ0n) is 12.4. The maximum atomic E-state index is 11.4. The third kappa shape index (κ3) is 3.51. The van der Waals surface area contributed by atoms with Crippen molar-refractivity contribution in [1.29, 1.82) is 0 Å². The Bertz CT molecular complexity index is 444. The molecule has 0 radical (unpaired) electrons. The molecule has 2 rings (SSSR count). The van der Waals surface area contributed by atoms with E-state index in [1.807, 2.05) is 12.1 Å². The Morgan fingerprint density at radius 2 is 2.10 bits per heavy atom. The molecule has 20 heavy (non-hydrogen) atoms. The summed E-state index contributed by atoms with van der Waals surface area (Å²) in [6, 6.07) is 8.00. The Morgan fingerprint density at radius 1 is 1.40 bits per heavy atom. The van der Waals surface area contributed by atoms with Crippen LogP contribution in [0.5, 0.6) is 5.75 Å². The van der Waals surface area contributed by atoms with Crippen LogP contribution >= 0.6 is 0 Å². The van der Waals surface area contributed by atoms with Crippen LogP contribution in [0, 0.1) is 0 Å². The van der Waals surface area contributed by atoms with Crippen LogP contribution in [-0.4, -0.2) is 31.8 Å². The van der Waals surface area contributed by atoms with Gasteiger partial charge in [0.25, 0.3) is 0 Å². The number of hydrogen-bond acceptors (Lipinski definition) is 4. The second-order valence-electron chi connectivity index (χ2n) is 5.34. The molecule has 4 nitrogen and oxygen atoms in total. The summed E-state index contributed by atoms with van der Waals surface area (Å²) in [6.07, 6.45) is 1.81. The highest BCUT2D eigenvalue weighted by molar-refractivity contribution is 5.76. The maximum absolute atomic E-state index is 11.4. The van der Waals surface area contributed by atoms with Gasteiger partial charge in [-0.05, 0) is 30.0 Å². The minimum absolute atomic E-state index is 0.0218. The lowest BCUT2D eigenvalue weighted by Crippen LogP contribution is -2.31. The number of carbonyl (C=O) groups is 1. The van der Waals surface area contributed by atoms with Gasteiger partial charge in [-0.2, -0.15) is 0 Å². The normalized spacial score (nSPS) is 23.4. The molecule has 1 aromatic rings. The highest BCUT2D eigenvalue weighted by Gasteiger charge is 2.31. The van der Waals surface area contributed by atoms with E-state index in [2.05, 4.69) is 31.3 Å². The summed E-state index contributed by atoms with van der Waals surface area (Å²) in [7, 11) is 1.41. The molecule has 1 saturated heterocycles. The molecule has 4 heteroatoms. The van der Waals surface area contributed by atoms with E-state index in [0.717, 1.165) is 12.2 Å². The van der Waals surface area contributed by atoms with Gasteiger partial charge in [0, 0.05) is 13.0 Å². The quantitative estimate of drug-likeness (QED) is 0.840. The second-order valence-corrected chi connectivity index (χ2v) is 5.34. The highest BCUT2D eigenvalue weighted by Crippen LogP contribution is 2.23. The smallest absolute Gasteiger partial charge is 0.323 e. The van der Waals surface area contributed by atoms with Crippen molar-refractivity contribution in [2.45, 2.75) is 44.8 Å². The fourth-order valence-electron chi connectivity index (χ4n) is 2.42. The van der Waals surface area contributed by atoms with Crippen molar-refractivity contribution in [3.63, 3.8) is 0 Å². The van der Waals surface area contributed by atoms with E-state index in [0.29, 0.717) is 18.9 Å². The molecule has 1 N–H and O–H groups in total. The zero-order valence-corrected chi connectivity index (χ0v) is 12.4. The number of methoxy groups -OCH3 is 1. The average Bonchev–Trinajstić information content (AvgIpc) is 2.95. The van der Waals surface area contributed by atoms with Crippen molar-refractivity contribution in [2.24, 2.45) is 0 Å². The van der Waals surface area contributed by atoms with E-state index in [1.54, 1.807) is 0 Å². The van der Waals surface area contributed by atoms with Crippen LogP contribution in [0.2, 0.25) is 0 Å². The first-order valence-electron chi connectivity index (χ1n) is 7.21. The molecule has 0 aromatic heterocycles. The predicted octanol–water partition coefficient (Wildman–Crippen LogP) is 2.48. The lowest BCUT2D eigenvalue weighted by atomic mass is 9.99. The van der Waals surface area contributed by atoms with Crippen LogP contribution in [-0.2, 0) is 9.53 Å². The largest absolute Gasteiger partial charge is 0.489 e. The summed E-state index contributed by atoms with van der Waals surface area (Å²) in [5, 5.41) is 3.12. The molecular weight excluding hydrogens is 254 g/mol. The molecule has 0 spiro atoms.